The lowest BCUT2D eigenvalue weighted by molar-refractivity contribution is -0.122. The molecule has 0 aromatic heterocycles. The topological polar surface area (TPSA) is 40.6 Å². The molecule has 1 aromatic rings. The number of hydrogen-bond acceptors (Lipinski definition) is 4. The number of piperidine rings is 1. The Hall–Kier alpha value is -2.19. The first-order valence-corrected chi connectivity index (χ1v) is 8.96. The third-order valence-corrected chi connectivity index (χ3v) is 5.29. The lowest BCUT2D eigenvalue weighted by Crippen LogP contribution is -2.29. The van der Waals surface area contributed by atoms with E-state index in [4.69, 9.17) is 6.42 Å². The van der Waals surface area contributed by atoms with E-state index in [0.717, 1.165) is 40.9 Å². The fourth-order valence-electron chi connectivity index (χ4n) is 3.04. The summed E-state index contributed by atoms with van der Waals surface area (Å²) in [4.78, 5) is 28.0. The molecule has 2 aliphatic heterocycles. The van der Waals surface area contributed by atoms with Crippen LogP contribution in [0.15, 0.2) is 23.1 Å². The molecule has 0 spiro atoms. The monoisotopic (exact) mass is 340 g/mol. The van der Waals surface area contributed by atoms with Gasteiger partial charge in [-0.2, -0.15) is 0 Å². The number of carbonyl (C=O) groups excluding carboxylic acids is 2. The van der Waals surface area contributed by atoms with Crippen molar-refractivity contribution in [3.05, 3.63) is 34.2 Å². The molecule has 2 aliphatic rings. The molecular weight excluding hydrogens is 320 g/mol. The zero-order valence-electron chi connectivity index (χ0n) is 13.7. The van der Waals surface area contributed by atoms with Crippen LogP contribution in [0.4, 0.5) is 10.5 Å². The number of thioether (sulfide) groups is 1. The van der Waals surface area contributed by atoms with Crippen molar-refractivity contribution in [1.29, 1.82) is 0 Å². The third kappa shape index (κ3) is 3.34. The van der Waals surface area contributed by atoms with Crippen LogP contribution in [-0.2, 0) is 4.79 Å². The minimum atomic E-state index is -0.303. The van der Waals surface area contributed by atoms with Crippen LogP contribution in [0.5, 0.6) is 0 Å². The number of benzene rings is 1. The van der Waals surface area contributed by atoms with Gasteiger partial charge in [0.1, 0.15) is 0 Å². The maximum Gasteiger partial charge on any atom is 0.294 e. The quantitative estimate of drug-likeness (QED) is 0.622. The van der Waals surface area contributed by atoms with E-state index in [2.05, 4.69) is 23.0 Å². The van der Waals surface area contributed by atoms with Crippen molar-refractivity contribution in [3.8, 4) is 12.3 Å². The van der Waals surface area contributed by atoms with Crippen LogP contribution in [0, 0.1) is 19.3 Å². The standard InChI is InChI=1S/C19H20N2O2S/c1-3-9-21-18(22)17(24-19(21)23)13-15-7-8-16(12-14(15)2)20-10-5-4-6-11-20/h1,7-8,12-13H,4-6,9-11H2,2H3/b17-13-. The first-order valence-electron chi connectivity index (χ1n) is 8.14. The van der Waals surface area contributed by atoms with Gasteiger partial charge in [0.25, 0.3) is 11.1 Å². The second-order valence-corrected chi connectivity index (χ2v) is 7.05. The van der Waals surface area contributed by atoms with E-state index < -0.39 is 0 Å². The molecule has 0 unspecified atom stereocenters. The predicted molar refractivity (Wildman–Crippen MR) is 98.8 cm³/mol. The average Bonchev–Trinajstić information content (AvgIpc) is 2.85. The SMILES string of the molecule is C#CCN1C(=O)S/C(=C\c2ccc(N3CCCCC3)cc2C)C1=O. The highest BCUT2D eigenvalue weighted by Crippen LogP contribution is 2.33. The number of imide groups is 1. The normalized spacial score (nSPS) is 19.9. The molecule has 2 saturated heterocycles. The first kappa shape index (κ1) is 16.7. The molecule has 2 heterocycles. The third-order valence-electron chi connectivity index (χ3n) is 4.38. The van der Waals surface area contributed by atoms with Gasteiger partial charge in [0.2, 0.25) is 0 Å². The number of aryl methyl sites for hydroxylation is 1. The maximum atomic E-state index is 12.2. The van der Waals surface area contributed by atoms with Gasteiger partial charge < -0.3 is 4.90 Å². The van der Waals surface area contributed by atoms with E-state index in [0.29, 0.717) is 4.91 Å². The van der Waals surface area contributed by atoms with Crippen LogP contribution in [0.1, 0.15) is 30.4 Å². The van der Waals surface area contributed by atoms with Gasteiger partial charge in [0, 0.05) is 18.8 Å². The average molecular weight is 340 g/mol. The van der Waals surface area contributed by atoms with Crippen molar-refractivity contribution in [1.82, 2.24) is 4.90 Å². The molecule has 124 valence electrons. The minimum Gasteiger partial charge on any atom is -0.372 e. The minimum absolute atomic E-state index is 0.0227. The van der Waals surface area contributed by atoms with Crippen molar-refractivity contribution in [2.45, 2.75) is 26.2 Å². The van der Waals surface area contributed by atoms with E-state index in [-0.39, 0.29) is 17.7 Å². The highest BCUT2D eigenvalue weighted by molar-refractivity contribution is 8.18. The largest absolute Gasteiger partial charge is 0.372 e. The molecule has 0 saturated carbocycles. The highest BCUT2D eigenvalue weighted by Gasteiger charge is 2.34. The van der Waals surface area contributed by atoms with Crippen molar-refractivity contribution < 1.29 is 9.59 Å². The smallest absolute Gasteiger partial charge is 0.294 e. The number of hydrogen-bond donors (Lipinski definition) is 0. The summed E-state index contributed by atoms with van der Waals surface area (Å²) >= 11 is 0.950. The van der Waals surface area contributed by atoms with Gasteiger partial charge in [0.05, 0.1) is 11.4 Å². The Morgan fingerprint density at radius 3 is 2.67 bits per heavy atom. The fourth-order valence-corrected chi connectivity index (χ4v) is 3.87. The first-order chi connectivity index (χ1) is 11.6. The second-order valence-electron chi connectivity index (χ2n) is 6.06. The van der Waals surface area contributed by atoms with Crippen LogP contribution >= 0.6 is 11.8 Å². The molecule has 0 N–H and O–H groups in total. The molecule has 24 heavy (non-hydrogen) atoms. The summed E-state index contributed by atoms with van der Waals surface area (Å²) < 4.78 is 0. The Morgan fingerprint density at radius 2 is 2.00 bits per heavy atom. The molecule has 4 nitrogen and oxygen atoms in total. The summed E-state index contributed by atoms with van der Waals surface area (Å²) in [7, 11) is 0. The number of carbonyl (C=O) groups is 2. The second kappa shape index (κ2) is 7.14. The van der Waals surface area contributed by atoms with E-state index in [1.165, 1.54) is 24.9 Å². The molecule has 0 atom stereocenters. The van der Waals surface area contributed by atoms with Gasteiger partial charge in [0.15, 0.2) is 0 Å². The van der Waals surface area contributed by atoms with Gasteiger partial charge in [-0.25, -0.2) is 0 Å². The molecule has 5 heteroatoms. The van der Waals surface area contributed by atoms with Crippen LogP contribution < -0.4 is 4.90 Å². The summed E-state index contributed by atoms with van der Waals surface area (Å²) in [6.45, 7) is 4.26. The van der Waals surface area contributed by atoms with Gasteiger partial charge in [-0.1, -0.05) is 12.0 Å². The molecule has 0 aliphatic carbocycles. The Balaban J connectivity index is 1.82. The van der Waals surface area contributed by atoms with Crippen LogP contribution in [-0.4, -0.2) is 35.7 Å². The molecule has 3 rings (SSSR count). The Labute approximate surface area is 146 Å². The molecule has 0 bridgehead atoms. The van der Waals surface area contributed by atoms with E-state index >= 15 is 0 Å². The summed E-state index contributed by atoms with van der Waals surface area (Å²) in [5.41, 5.74) is 3.29. The van der Waals surface area contributed by atoms with E-state index in [9.17, 15) is 9.59 Å². The van der Waals surface area contributed by atoms with E-state index in [1.807, 2.05) is 13.0 Å². The molecule has 0 radical (unpaired) electrons. The van der Waals surface area contributed by atoms with Gasteiger partial charge in [-0.15, -0.1) is 6.42 Å². The number of terminal acetylenes is 1. The molecule has 2 amide bonds. The number of nitrogens with zero attached hydrogens (tertiary/aromatic N) is 2. The number of rotatable bonds is 3. The lowest BCUT2D eigenvalue weighted by atomic mass is 10.0. The Kier molecular flexibility index (Phi) is 4.96. The van der Waals surface area contributed by atoms with Crippen LogP contribution in [0.2, 0.25) is 0 Å². The van der Waals surface area contributed by atoms with Gasteiger partial charge >= 0.3 is 0 Å². The summed E-state index contributed by atoms with van der Waals surface area (Å²) in [5, 5.41) is -0.299. The van der Waals surface area contributed by atoms with Crippen LogP contribution in [0.3, 0.4) is 0 Å². The zero-order chi connectivity index (χ0) is 17.1. The van der Waals surface area contributed by atoms with Crippen molar-refractivity contribution in [2.75, 3.05) is 24.5 Å². The Morgan fingerprint density at radius 1 is 1.25 bits per heavy atom. The molecular formula is C19H20N2O2S. The van der Waals surface area contributed by atoms with E-state index in [1.54, 1.807) is 6.08 Å². The fraction of sp³-hybridized carbons (Fsp3) is 0.368. The molecule has 1 aromatic carbocycles. The highest BCUT2D eigenvalue weighted by atomic mass is 32.2. The van der Waals surface area contributed by atoms with Crippen molar-refractivity contribution in [2.24, 2.45) is 0 Å². The predicted octanol–water partition coefficient (Wildman–Crippen LogP) is 3.65. The maximum absolute atomic E-state index is 12.2. The molecule has 2 fully saturated rings. The van der Waals surface area contributed by atoms with Crippen molar-refractivity contribution >= 4 is 34.7 Å². The Bertz CT molecular complexity index is 742. The van der Waals surface area contributed by atoms with Crippen molar-refractivity contribution in [3.63, 3.8) is 0 Å². The summed E-state index contributed by atoms with van der Waals surface area (Å²) in [5.74, 6) is 2.04. The summed E-state index contributed by atoms with van der Waals surface area (Å²) in [6, 6.07) is 6.27. The zero-order valence-corrected chi connectivity index (χ0v) is 14.6. The van der Waals surface area contributed by atoms with Gasteiger partial charge in [-0.3, -0.25) is 14.5 Å². The van der Waals surface area contributed by atoms with Gasteiger partial charge in [-0.05, 0) is 67.3 Å². The number of anilines is 1. The number of amides is 2. The lowest BCUT2D eigenvalue weighted by Gasteiger charge is -2.29. The van der Waals surface area contributed by atoms with Crippen LogP contribution in [0.25, 0.3) is 6.08 Å². The summed E-state index contributed by atoms with van der Waals surface area (Å²) in [6.07, 6.45) is 10.8.